The van der Waals surface area contributed by atoms with Gasteiger partial charge in [0.05, 0.1) is 4.92 Å². The molecule has 4 nitrogen and oxygen atoms in total. The van der Waals surface area contributed by atoms with Gasteiger partial charge >= 0.3 is 0 Å². The minimum absolute atomic E-state index is 0.158. The average Bonchev–Trinajstić information content (AvgIpc) is 2.54. The van der Waals surface area contributed by atoms with E-state index in [4.69, 9.17) is 11.6 Å². The van der Waals surface area contributed by atoms with Crippen molar-refractivity contribution in [3.8, 4) is 0 Å². The fourth-order valence-electron chi connectivity index (χ4n) is 2.34. The fourth-order valence-corrected chi connectivity index (χ4v) is 3.49. The summed E-state index contributed by atoms with van der Waals surface area (Å²) in [5.74, 6) is 0.815. The average molecular weight is 365 g/mol. The first-order valence-electron chi connectivity index (χ1n) is 7.75. The zero-order chi connectivity index (χ0) is 17.5. The molecule has 2 aromatic carbocycles. The van der Waals surface area contributed by atoms with Gasteiger partial charge in [0.2, 0.25) is 0 Å². The molecule has 0 bridgehead atoms. The van der Waals surface area contributed by atoms with Crippen molar-refractivity contribution in [2.75, 3.05) is 20.6 Å². The molecule has 6 heteroatoms. The maximum Gasteiger partial charge on any atom is 0.269 e. The lowest BCUT2D eigenvalue weighted by Gasteiger charge is -2.12. The van der Waals surface area contributed by atoms with E-state index in [0.29, 0.717) is 0 Å². The smallest absolute Gasteiger partial charge is 0.269 e. The summed E-state index contributed by atoms with van der Waals surface area (Å²) in [4.78, 5) is 13.9. The molecule has 0 aliphatic heterocycles. The standard InChI is InChI=1S/C18H21ClN2O2S/c1-20(2)11-3-4-15-12-17(21(22)23)9-10-18(15)24-13-14-5-7-16(19)8-6-14/h5-10,12H,3-4,11,13H2,1-2H3. The third-order valence-corrected chi connectivity index (χ3v) is 5.05. The van der Waals surface area contributed by atoms with Gasteiger partial charge in [0.1, 0.15) is 0 Å². The predicted octanol–water partition coefficient (Wildman–Crippen LogP) is 5.03. The third-order valence-electron chi connectivity index (χ3n) is 3.61. The second kappa shape index (κ2) is 9.06. The van der Waals surface area contributed by atoms with Gasteiger partial charge in [0.15, 0.2) is 0 Å². The fraction of sp³-hybridized carbons (Fsp3) is 0.333. The quantitative estimate of drug-likeness (QED) is 0.374. The Morgan fingerprint density at radius 2 is 1.88 bits per heavy atom. The van der Waals surface area contributed by atoms with E-state index in [1.807, 2.05) is 44.4 Å². The molecule has 0 heterocycles. The number of halogens is 1. The van der Waals surface area contributed by atoms with E-state index in [9.17, 15) is 10.1 Å². The predicted molar refractivity (Wildman–Crippen MR) is 101 cm³/mol. The molecule has 0 aromatic heterocycles. The molecule has 0 saturated heterocycles. The van der Waals surface area contributed by atoms with Crippen LogP contribution in [0, 0.1) is 10.1 Å². The number of nitrogens with zero attached hydrogens (tertiary/aromatic N) is 2. The number of non-ortho nitro benzene ring substituents is 1. The van der Waals surface area contributed by atoms with Gasteiger partial charge in [0.25, 0.3) is 5.69 Å². The highest BCUT2D eigenvalue weighted by Crippen LogP contribution is 2.30. The molecule has 0 amide bonds. The van der Waals surface area contributed by atoms with E-state index in [2.05, 4.69) is 4.90 Å². The normalized spacial score (nSPS) is 11.0. The Balaban J connectivity index is 2.10. The van der Waals surface area contributed by atoms with Crippen LogP contribution in [0.1, 0.15) is 17.5 Å². The van der Waals surface area contributed by atoms with E-state index in [-0.39, 0.29) is 10.6 Å². The summed E-state index contributed by atoms with van der Waals surface area (Å²) in [5, 5.41) is 11.8. The van der Waals surface area contributed by atoms with Crippen LogP contribution in [0.2, 0.25) is 5.02 Å². The summed E-state index contributed by atoms with van der Waals surface area (Å²) in [6.07, 6.45) is 1.81. The molecule has 0 fully saturated rings. The number of hydrogen-bond acceptors (Lipinski definition) is 4. The lowest BCUT2D eigenvalue weighted by atomic mass is 10.1. The molecule has 0 N–H and O–H groups in total. The lowest BCUT2D eigenvalue weighted by molar-refractivity contribution is -0.385. The molecule has 0 saturated carbocycles. The highest BCUT2D eigenvalue weighted by Gasteiger charge is 2.11. The van der Waals surface area contributed by atoms with Gasteiger partial charge in [-0.25, -0.2) is 0 Å². The van der Waals surface area contributed by atoms with Gasteiger partial charge in [-0.15, -0.1) is 11.8 Å². The summed E-state index contributed by atoms with van der Waals surface area (Å²) in [7, 11) is 4.06. The first-order chi connectivity index (χ1) is 11.5. The van der Waals surface area contributed by atoms with Crippen LogP contribution in [0.15, 0.2) is 47.4 Å². The Morgan fingerprint density at radius 1 is 1.17 bits per heavy atom. The van der Waals surface area contributed by atoms with Crippen molar-refractivity contribution in [2.45, 2.75) is 23.5 Å². The number of nitro groups is 1. The van der Waals surface area contributed by atoms with Gasteiger partial charge in [-0.3, -0.25) is 10.1 Å². The van der Waals surface area contributed by atoms with Crippen molar-refractivity contribution in [1.29, 1.82) is 0 Å². The van der Waals surface area contributed by atoms with Crippen LogP contribution < -0.4 is 0 Å². The Labute approximate surface area is 152 Å². The van der Waals surface area contributed by atoms with Crippen molar-refractivity contribution in [1.82, 2.24) is 4.90 Å². The topological polar surface area (TPSA) is 46.4 Å². The van der Waals surface area contributed by atoms with Gasteiger partial charge < -0.3 is 4.90 Å². The summed E-state index contributed by atoms with van der Waals surface area (Å²) >= 11 is 7.62. The van der Waals surface area contributed by atoms with Crippen LogP contribution in [-0.2, 0) is 12.2 Å². The number of benzene rings is 2. The van der Waals surface area contributed by atoms with E-state index >= 15 is 0 Å². The number of rotatable bonds is 8. The highest BCUT2D eigenvalue weighted by atomic mass is 35.5. The van der Waals surface area contributed by atoms with Crippen molar-refractivity contribution in [3.63, 3.8) is 0 Å². The van der Waals surface area contributed by atoms with Crippen molar-refractivity contribution < 1.29 is 4.92 Å². The van der Waals surface area contributed by atoms with E-state index in [1.165, 1.54) is 5.56 Å². The van der Waals surface area contributed by atoms with Crippen LogP contribution in [0.3, 0.4) is 0 Å². The minimum Gasteiger partial charge on any atom is -0.309 e. The minimum atomic E-state index is -0.330. The Hall–Kier alpha value is -1.56. The van der Waals surface area contributed by atoms with Crippen molar-refractivity contribution >= 4 is 29.1 Å². The maximum atomic E-state index is 11.0. The van der Waals surface area contributed by atoms with Gasteiger partial charge in [-0.2, -0.15) is 0 Å². The molecule has 0 unspecified atom stereocenters. The number of aryl methyl sites for hydroxylation is 1. The second-order valence-corrected chi connectivity index (χ2v) is 7.32. The van der Waals surface area contributed by atoms with Gasteiger partial charge in [0, 0.05) is 27.8 Å². The van der Waals surface area contributed by atoms with Crippen molar-refractivity contribution in [3.05, 3.63) is 68.7 Å². The van der Waals surface area contributed by atoms with Crippen molar-refractivity contribution in [2.24, 2.45) is 0 Å². The number of nitro benzene ring substituents is 1. The maximum absolute atomic E-state index is 11.0. The summed E-state index contributed by atoms with van der Waals surface area (Å²) in [6, 6.07) is 12.9. The molecule has 0 radical (unpaired) electrons. The second-order valence-electron chi connectivity index (χ2n) is 5.87. The molecule has 128 valence electrons. The molecule has 2 rings (SSSR count). The Bertz CT molecular complexity index is 690. The number of thioether (sulfide) groups is 1. The summed E-state index contributed by atoms with van der Waals surface area (Å²) < 4.78 is 0. The van der Waals surface area contributed by atoms with Gasteiger partial charge in [-0.1, -0.05) is 23.7 Å². The van der Waals surface area contributed by atoms with E-state index in [1.54, 1.807) is 23.9 Å². The lowest BCUT2D eigenvalue weighted by Crippen LogP contribution is -2.13. The molecular weight excluding hydrogens is 344 g/mol. The number of hydrogen-bond donors (Lipinski definition) is 0. The SMILES string of the molecule is CN(C)CCCc1cc([N+](=O)[O-])ccc1SCc1ccc(Cl)cc1. The molecule has 0 aliphatic rings. The molecule has 0 atom stereocenters. The Morgan fingerprint density at radius 3 is 2.50 bits per heavy atom. The molecule has 24 heavy (non-hydrogen) atoms. The van der Waals surface area contributed by atoms with Crippen LogP contribution in [0.25, 0.3) is 0 Å². The van der Waals surface area contributed by atoms with E-state index in [0.717, 1.165) is 40.6 Å². The van der Waals surface area contributed by atoms with Crippen LogP contribution in [0.5, 0.6) is 0 Å². The third kappa shape index (κ3) is 5.82. The highest BCUT2D eigenvalue weighted by molar-refractivity contribution is 7.98. The Kier molecular flexibility index (Phi) is 7.09. The molecular formula is C18H21ClN2O2S. The summed E-state index contributed by atoms with van der Waals surface area (Å²) in [5.41, 5.74) is 2.39. The van der Waals surface area contributed by atoms with E-state index < -0.39 is 0 Å². The van der Waals surface area contributed by atoms with Crippen LogP contribution >= 0.6 is 23.4 Å². The van der Waals surface area contributed by atoms with Gasteiger partial charge in [-0.05, 0) is 62.8 Å². The largest absolute Gasteiger partial charge is 0.309 e. The van der Waals surface area contributed by atoms with Crippen LogP contribution in [0.4, 0.5) is 5.69 Å². The zero-order valence-corrected chi connectivity index (χ0v) is 15.4. The molecule has 0 aliphatic carbocycles. The monoisotopic (exact) mass is 364 g/mol. The summed E-state index contributed by atoms with van der Waals surface area (Å²) in [6.45, 7) is 0.962. The first-order valence-corrected chi connectivity index (χ1v) is 9.11. The molecule has 0 spiro atoms. The first kappa shape index (κ1) is 18.8. The van der Waals surface area contributed by atoms with Crippen LogP contribution in [-0.4, -0.2) is 30.5 Å². The zero-order valence-electron chi connectivity index (χ0n) is 13.9. The molecule has 2 aromatic rings.